The minimum atomic E-state index is -0.605. The average molecular weight is 445 g/mol. The van der Waals surface area contributed by atoms with Crippen molar-refractivity contribution in [2.75, 3.05) is 26.9 Å². The fourth-order valence-corrected chi connectivity index (χ4v) is 4.08. The van der Waals surface area contributed by atoms with Crippen molar-refractivity contribution in [3.63, 3.8) is 0 Å². The van der Waals surface area contributed by atoms with Gasteiger partial charge in [0.1, 0.15) is 24.4 Å². The molecule has 2 aliphatic rings. The SMILES string of the molecule is CO[C@H]1O[C@@H]2CO[C@@H](c3ccccc3)O[C@H]2[C@H](OCc2ccccc2)[C@H]1OCCCCO. The van der Waals surface area contributed by atoms with Gasteiger partial charge in [-0.2, -0.15) is 0 Å². The second-order valence-electron chi connectivity index (χ2n) is 7.98. The number of aliphatic hydroxyl groups excluding tert-OH is 1. The van der Waals surface area contributed by atoms with E-state index in [0.717, 1.165) is 17.5 Å². The standard InChI is InChI=1S/C25H32O7/c1-27-25-23(28-15-9-8-14-26)22(29-16-18-10-4-2-5-11-18)21-20(31-25)17-30-24(32-21)19-12-6-3-7-13-19/h2-7,10-13,20-26H,8-9,14-17H2,1H3/t20-,21-,22+,23-,24-,25+/m1/s1. The normalized spacial score (nSPS) is 30.1. The number of fused-ring (bicyclic) bond motifs is 1. The maximum Gasteiger partial charge on any atom is 0.186 e. The number of benzene rings is 2. The summed E-state index contributed by atoms with van der Waals surface area (Å²) in [5, 5.41) is 9.09. The second-order valence-corrected chi connectivity index (χ2v) is 7.98. The van der Waals surface area contributed by atoms with Crippen LogP contribution in [0.15, 0.2) is 60.7 Å². The quantitative estimate of drug-likeness (QED) is 0.564. The first-order valence-electron chi connectivity index (χ1n) is 11.2. The van der Waals surface area contributed by atoms with E-state index in [1.165, 1.54) is 0 Å². The van der Waals surface area contributed by atoms with Crippen LogP contribution in [0.25, 0.3) is 0 Å². The Morgan fingerprint density at radius 3 is 2.38 bits per heavy atom. The molecule has 0 radical (unpaired) electrons. The Bertz CT molecular complexity index is 787. The first-order chi connectivity index (χ1) is 15.8. The molecule has 2 heterocycles. The molecular weight excluding hydrogens is 412 g/mol. The van der Waals surface area contributed by atoms with E-state index in [2.05, 4.69) is 0 Å². The van der Waals surface area contributed by atoms with Crippen LogP contribution < -0.4 is 0 Å². The van der Waals surface area contributed by atoms with Gasteiger partial charge in [-0.1, -0.05) is 60.7 Å². The first-order valence-corrected chi connectivity index (χ1v) is 11.2. The van der Waals surface area contributed by atoms with Crippen molar-refractivity contribution < 1.29 is 33.5 Å². The molecule has 1 N–H and O–H groups in total. The van der Waals surface area contributed by atoms with Gasteiger partial charge in [-0.05, 0) is 18.4 Å². The number of ether oxygens (including phenoxy) is 6. The number of methoxy groups -OCH3 is 1. The van der Waals surface area contributed by atoms with Crippen molar-refractivity contribution in [1.29, 1.82) is 0 Å². The van der Waals surface area contributed by atoms with Crippen LogP contribution in [0.5, 0.6) is 0 Å². The van der Waals surface area contributed by atoms with Gasteiger partial charge in [0.2, 0.25) is 0 Å². The van der Waals surface area contributed by atoms with E-state index in [9.17, 15) is 0 Å². The number of aliphatic hydroxyl groups is 1. The van der Waals surface area contributed by atoms with Crippen LogP contribution in [-0.4, -0.2) is 62.7 Å². The van der Waals surface area contributed by atoms with E-state index in [0.29, 0.717) is 26.2 Å². The topological polar surface area (TPSA) is 75.6 Å². The van der Waals surface area contributed by atoms with Gasteiger partial charge in [-0.15, -0.1) is 0 Å². The summed E-state index contributed by atoms with van der Waals surface area (Å²) >= 11 is 0. The fraction of sp³-hybridized carbons (Fsp3) is 0.520. The van der Waals surface area contributed by atoms with Crippen LogP contribution >= 0.6 is 0 Å². The van der Waals surface area contributed by atoms with Crippen molar-refractivity contribution >= 4 is 0 Å². The van der Waals surface area contributed by atoms with Crippen molar-refractivity contribution in [1.82, 2.24) is 0 Å². The van der Waals surface area contributed by atoms with E-state index in [1.807, 2.05) is 60.7 Å². The van der Waals surface area contributed by atoms with Crippen molar-refractivity contribution in [2.24, 2.45) is 0 Å². The Kier molecular flexibility index (Phi) is 8.64. The highest BCUT2D eigenvalue weighted by molar-refractivity contribution is 5.17. The highest BCUT2D eigenvalue weighted by Gasteiger charge is 2.51. The van der Waals surface area contributed by atoms with Crippen LogP contribution in [0, 0.1) is 0 Å². The predicted octanol–water partition coefficient (Wildman–Crippen LogP) is 3.22. The molecule has 2 aliphatic heterocycles. The maximum absolute atomic E-state index is 9.09. The molecule has 2 aromatic rings. The lowest BCUT2D eigenvalue weighted by Crippen LogP contribution is -2.63. The molecule has 0 aliphatic carbocycles. The van der Waals surface area contributed by atoms with Gasteiger partial charge in [0.15, 0.2) is 12.6 Å². The molecule has 174 valence electrons. The van der Waals surface area contributed by atoms with Gasteiger partial charge in [0.25, 0.3) is 0 Å². The van der Waals surface area contributed by atoms with E-state index in [4.69, 9.17) is 33.5 Å². The molecule has 0 amide bonds. The van der Waals surface area contributed by atoms with Crippen molar-refractivity contribution in [3.8, 4) is 0 Å². The molecule has 0 bridgehead atoms. The van der Waals surface area contributed by atoms with Gasteiger partial charge in [0.05, 0.1) is 13.2 Å². The monoisotopic (exact) mass is 444 g/mol. The molecule has 0 unspecified atom stereocenters. The van der Waals surface area contributed by atoms with Gasteiger partial charge in [0, 0.05) is 25.9 Å². The van der Waals surface area contributed by atoms with Crippen molar-refractivity contribution in [2.45, 2.75) is 56.4 Å². The second kappa shape index (κ2) is 11.9. The highest BCUT2D eigenvalue weighted by atomic mass is 16.8. The zero-order valence-corrected chi connectivity index (χ0v) is 18.4. The summed E-state index contributed by atoms with van der Waals surface area (Å²) in [5.41, 5.74) is 2.01. The summed E-state index contributed by atoms with van der Waals surface area (Å²) < 4.78 is 36.7. The number of unbranched alkanes of at least 4 members (excludes halogenated alkanes) is 1. The third-order valence-corrected chi connectivity index (χ3v) is 5.74. The highest BCUT2D eigenvalue weighted by Crippen LogP contribution is 2.36. The van der Waals surface area contributed by atoms with E-state index in [1.54, 1.807) is 7.11 Å². The number of hydrogen-bond donors (Lipinski definition) is 1. The molecule has 2 aromatic carbocycles. The summed E-state index contributed by atoms with van der Waals surface area (Å²) in [7, 11) is 1.60. The lowest BCUT2D eigenvalue weighted by Gasteiger charge is -2.48. The van der Waals surface area contributed by atoms with E-state index < -0.39 is 24.8 Å². The number of hydrogen-bond acceptors (Lipinski definition) is 7. The van der Waals surface area contributed by atoms with Crippen molar-refractivity contribution in [3.05, 3.63) is 71.8 Å². The Balaban J connectivity index is 1.53. The summed E-state index contributed by atoms with van der Waals surface area (Å²) in [6.45, 7) is 1.39. The average Bonchev–Trinajstić information content (AvgIpc) is 2.86. The summed E-state index contributed by atoms with van der Waals surface area (Å²) in [4.78, 5) is 0. The predicted molar refractivity (Wildman–Crippen MR) is 117 cm³/mol. The van der Waals surface area contributed by atoms with Crippen LogP contribution in [0.1, 0.15) is 30.3 Å². The van der Waals surface area contributed by atoms with E-state index >= 15 is 0 Å². The summed E-state index contributed by atoms with van der Waals surface area (Å²) in [6.07, 6.45) is -1.30. The third kappa shape index (κ3) is 5.74. The maximum atomic E-state index is 9.09. The molecule has 6 atom stereocenters. The molecule has 7 heteroatoms. The summed E-state index contributed by atoms with van der Waals surface area (Å²) in [5.74, 6) is 0. The van der Waals surface area contributed by atoms with Gasteiger partial charge in [-0.25, -0.2) is 0 Å². The molecule has 2 fully saturated rings. The number of rotatable bonds is 10. The van der Waals surface area contributed by atoms with Crippen LogP contribution in [0.4, 0.5) is 0 Å². The zero-order chi connectivity index (χ0) is 22.2. The zero-order valence-electron chi connectivity index (χ0n) is 18.4. The molecular formula is C25H32O7. The lowest BCUT2D eigenvalue weighted by molar-refractivity contribution is -0.368. The smallest absolute Gasteiger partial charge is 0.186 e. The Morgan fingerprint density at radius 2 is 1.66 bits per heavy atom. The van der Waals surface area contributed by atoms with Crippen LogP contribution in [0.3, 0.4) is 0 Å². The molecule has 32 heavy (non-hydrogen) atoms. The molecule has 0 aromatic heterocycles. The molecule has 0 spiro atoms. The fourth-order valence-electron chi connectivity index (χ4n) is 4.08. The largest absolute Gasteiger partial charge is 0.396 e. The Hall–Kier alpha value is -1.84. The molecule has 0 saturated carbocycles. The molecule has 7 nitrogen and oxygen atoms in total. The first kappa shape index (κ1) is 23.3. The van der Waals surface area contributed by atoms with Gasteiger partial charge in [-0.3, -0.25) is 0 Å². The van der Waals surface area contributed by atoms with Gasteiger partial charge >= 0.3 is 0 Å². The summed E-state index contributed by atoms with van der Waals surface area (Å²) in [6, 6.07) is 19.9. The Labute approximate surface area is 189 Å². The minimum absolute atomic E-state index is 0.135. The third-order valence-electron chi connectivity index (χ3n) is 5.74. The minimum Gasteiger partial charge on any atom is -0.396 e. The van der Waals surface area contributed by atoms with Gasteiger partial charge < -0.3 is 33.5 Å². The molecule has 2 saturated heterocycles. The lowest BCUT2D eigenvalue weighted by atomic mass is 9.97. The molecule has 4 rings (SSSR count). The van der Waals surface area contributed by atoms with Crippen LogP contribution in [-0.2, 0) is 35.0 Å². The van der Waals surface area contributed by atoms with E-state index in [-0.39, 0.29) is 18.8 Å². The Morgan fingerprint density at radius 1 is 0.906 bits per heavy atom. The van der Waals surface area contributed by atoms with Crippen LogP contribution in [0.2, 0.25) is 0 Å².